The van der Waals surface area contributed by atoms with E-state index in [4.69, 9.17) is 23.9 Å². The van der Waals surface area contributed by atoms with Gasteiger partial charge in [0.15, 0.2) is 5.17 Å². The summed E-state index contributed by atoms with van der Waals surface area (Å²) in [7, 11) is 4.68. The highest BCUT2D eigenvalue weighted by Crippen LogP contribution is 2.39. The number of nitrogens with zero attached hydrogens (tertiary/aromatic N) is 1. The first-order valence-corrected chi connectivity index (χ1v) is 11.9. The zero-order valence-electron chi connectivity index (χ0n) is 20.3. The van der Waals surface area contributed by atoms with Gasteiger partial charge in [-0.15, -0.1) is 0 Å². The minimum absolute atomic E-state index is 0.104. The van der Waals surface area contributed by atoms with Crippen LogP contribution < -0.4 is 24.8 Å². The molecule has 0 saturated carbocycles. The molecule has 35 heavy (non-hydrogen) atoms. The number of hydrogen-bond acceptors (Lipinski definition) is 9. The number of rotatable bonds is 9. The average molecular weight is 500 g/mol. The Morgan fingerprint density at radius 2 is 1.80 bits per heavy atom. The Morgan fingerprint density at radius 3 is 2.49 bits per heavy atom. The molecule has 0 spiro atoms. The number of carbonyl (C=O) groups excluding carboxylic acids is 2. The van der Waals surface area contributed by atoms with Crippen molar-refractivity contribution < 1.29 is 28.5 Å². The molecule has 1 heterocycles. The quantitative estimate of drug-likeness (QED) is 0.500. The molecule has 0 radical (unpaired) electrons. The van der Waals surface area contributed by atoms with Crippen molar-refractivity contribution in [2.45, 2.75) is 19.9 Å². The van der Waals surface area contributed by atoms with Gasteiger partial charge < -0.3 is 29.6 Å². The number of thioether (sulfide) groups is 1. The van der Waals surface area contributed by atoms with Crippen molar-refractivity contribution in [2.24, 2.45) is 4.99 Å². The Hall–Kier alpha value is -3.66. The predicted octanol–water partition coefficient (Wildman–Crippen LogP) is 3.92. The number of ether oxygens (including phenoxy) is 4. The number of amidine groups is 1. The second-order valence-electron chi connectivity index (χ2n) is 7.40. The maximum absolute atomic E-state index is 12.8. The number of benzene rings is 2. The normalized spacial score (nSPS) is 15.0. The molecule has 0 fully saturated rings. The standard InChI is InChI=1S/C25H29N3O6S/c1-6-34-24(30)22-15(2)26-25(28-23(22)19-13-18(32-4)10-11-20(19)33-5)35-14-21(29)27-16-8-7-9-17(12-16)31-3/h7-13,23H,6,14H2,1-5H3,(H,26,28)(H,27,29)/t23-/m1/s1. The Balaban J connectivity index is 1.85. The fourth-order valence-corrected chi connectivity index (χ4v) is 4.25. The van der Waals surface area contributed by atoms with E-state index >= 15 is 0 Å². The Bertz CT molecular complexity index is 1150. The number of allylic oxidation sites excluding steroid dienone is 1. The van der Waals surface area contributed by atoms with Gasteiger partial charge in [0.05, 0.1) is 39.3 Å². The molecular formula is C25H29N3O6S. The smallest absolute Gasteiger partial charge is 0.338 e. The molecule has 10 heteroatoms. The van der Waals surface area contributed by atoms with Crippen LogP contribution in [-0.4, -0.2) is 50.7 Å². The molecule has 2 aromatic rings. The molecule has 3 rings (SSSR count). The van der Waals surface area contributed by atoms with E-state index in [0.29, 0.717) is 44.9 Å². The Labute approximate surface area is 208 Å². The Kier molecular flexibility index (Phi) is 9.02. The van der Waals surface area contributed by atoms with E-state index in [1.54, 1.807) is 77.6 Å². The summed E-state index contributed by atoms with van der Waals surface area (Å²) in [6, 6.07) is 11.7. The second kappa shape index (κ2) is 12.2. The van der Waals surface area contributed by atoms with Gasteiger partial charge in [-0.3, -0.25) is 4.79 Å². The zero-order chi connectivity index (χ0) is 25.4. The lowest BCUT2D eigenvalue weighted by molar-refractivity contribution is -0.139. The lowest BCUT2D eigenvalue weighted by atomic mass is 9.95. The third-order valence-corrected chi connectivity index (χ3v) is 6.03. The SMILES string of the molecule is CCOC(=O)C1=C(C)NC(SCC(=O)Nc2cccc(OC)c2)=N[C@@H]1c1cc(OC)ccc1OC. The zero-order valence-corrected chi connectivity index (χ0v) is 21.2. The lowest BCUT2D eigenvalue weighted by Crippen LogP contribution is -2.31. The van der Waals surface area contributed by atoms with Crippen molar-refractivity contribution in [3.05, 3.63) is 59.3 Å². The van der Waals surface area contributed by atoms with Gasteiger partial charge >= 0.3 is 5.97 Å². The monoisotopic (exact) mass is 499 g/mol. The van der Waals surface area contributed by atoms with Crippen LogP contribution in [0.1, 0.15) is 25.5 Å². The largest absolute Gasteiger partial charge is 0.497 e. The molecule has 9 nitrogen and oxygen atoms in total. The minimum Gasteiger partial charge on any atom is -0.497 e. The number of esters is 1. The summed E-state index contributed by atoms with van der Waals surface area (Å²) in [4.78, 5) is 30.1. The molecule has 1 aliphatic heterocycles. The van der Waals surface area contributed by atoms with Crippen LogP contribution in [-0.2, 0) is 14.3 Å². The van der Waals surface area contributed by atoms with Gasteiger partial charge in [-0.25, -0.2) is 9.79 Å². The summed E-state index contributed by atoms with van der Waals surface area (Å²) >= 11 is 1.22. The lowest BCUT2D eigenvalue weighted by Gasteiger charge is -2.27. The van der Waals surface area contributed by atoms with Crippen LogP contribution in [0.4, 0.5) is 5.69 Å². The van der Waals surface area contributed by atoms with Crippen LogP contribution in [0.5, 0.6) is 17.2 Å². The number of carbonyl (C=O) groups is 2. The Morgan fingerprint density at radius 1 is 1.06 bits per heavy atom. The third-order valence-electron chi connectivity index (χ3n) is 5.14. The number of anilines is 1. The van der Waals surface area contributed by atoms with Crippen LogP contribution in [0, 0.1) is 0 Å². The molecule has 0 bridgehead atoms. The molecule has 1 aliphatic rings. The molecule has 1 atom stereocenters. The molecule has 0 saturated heterocycles. The molecule has 0 aliphatic carbocycles. The maximum atomic E-state index is 12.8. The summed E-state index contributed by atoms with van der Waals surface area (Å²) in [6.45, 7) is 3.75. The van der Waals surface area contributed by atoms with Gasteiger partial charge in [-0.2, -0.15) is 0 Å². The molecule has 2 aromatic carbocycles. The first-order chi connectivity index (χ1) is 16.9. The first kappa shape index (κ1) is 26.0. The van der Waals surface area contributed by atoms with Crippen molar-refractivity contribution in [1.29, 1.82) is 0 Å². The summed E-state index contributed by atoms with van der Waals surface area (Å²) in [5.41, 5.74) is 2.23. The summed E-state index contributed by atoms with van der Waals surface area (Å²) in [5.74, 6) is 1.22. The van der Waals surface area contributed by atoms with E-state index in [-0.39, 0.29) is 18.3 Å². The number of amides is 1. The molecule has 0 unspecified atom stereocenters. The third kappa shape index (κ3) is 6.48. The van der Waals surface area contributed by atoms with E-state index in [0.717, 1.165) is 0 Å². The van der Waals surface area contributed by atoms with E-state index in [1.165, 1.54) is 11.8 Å². The van der Waals surface area contributed by atoms with Crippen LogP contribution in [0.2, 0.25) is 0 Å². The van der Waals surface area contributed by atoms with Crippen LogP contribution in [0.15, 0.2) is 58.7 Å². The van der Waals surface area contributed by atoms with E-state index in [1.807, 2.05) is 0 Å². The van der Waals surface area contributed by atoms with Gasteiger partial charge in [0, 0.05) is 23.0 Å². The highest BCUT2D eigenvalue weighted by Gasteiger charge is 2.32. The van der Waals surface area contributed by atoms with Crippen molar-refractivity contribution in [1.82, 2.24) is 5.32 Å². The molecule has 2 N–H and O–H groups in total. The van der Waals surface area contributed by atoms with Crippen molar-refractivity contribution in [3.8, 4) is 17.2 Å². The van der Waals surface area contributed by atoms with Gasteiger partial charge in [0.2, 0.25) is 5.91 Å². The molecule has 0 aromatic heterocycles. The van der Waals surface area contributed by atoms with Gasteiger partial charge in [-0.1, -0.05) is 17.8 Å². The first-order valence-electron chi connectivity index (χ1n) is 10.9. The second-order valence-corrected chi connectivity index (χ2v) is 8.36. The van der Waals surface area contributed by atoms with Gasteiger partial charge in [-0.05, 0) is 44.2 Å². The highest BCUT2D eigenvalue weighted by molar-refractivity contribution is 8.14. The van der Waals surface area contributed by atoms with E-state index in [2.05, 4.69) is 10.6 Å². The molecule has 1 amide bonds. The van der Waals surface area contributed by atoms with Crippen LogP contribution in [0.3, 0.4) is 0 Å². The summed E-state index contributed by atoms with van der Waals surface area (Å²) < 4.78 is 21.4. The van der Waals surface area contributed by atoms with Crippen molar-refractivity contribution in [3.63, 3.8) is 0 Å². The number of nitrogens with one attached hydrogen (secondary N) is 2. The predicted molar refractivity (Wildman–Crippen MR) is 136 cm³/mol. The van der Waals surface area contributed by atoms with E-state index in [9.17, 15) is 9.59 Å². The summed E-state index contributed by atoms with van der Waals surface area (Å²) in [5, 5.41) is 6.46. The number of hydrogen-bond donors (Lipinski definition) is 2. The van der Waals surface area contributed by atoms with Crippen LogP contribution in [0.25, 0.3) is 0 Å². The van der Waals surface area contributed by atoms with E-state index < -0.39 is 12.0 Å². The molecular weight excluding hydrogens is 470 g/mol. The van der Waals surface area contributed by atoms with Gasteiger partial charge in [0.25, 0.3) is 0 Å². The minimum atomic E-state index is -0.704. The van der Waals surface area contributed by atoms with Crippen molar-refractivity contribution in [2.75, 3.05) is 39.0 Å². The van der Waals surface area contributed by atoms with Crippen LogP contribution >= 0.6 is 11.8 Å². The molecule has 186 valence electrons. The van der Waals surface area contributed by atoms with Gasteiger partial charge in [0.1, 0.15) is 23.3 Å². The summed E-state index contributed by atoms with van der Waals surface area (Å²) in [6.07, 6.45) is 0. The highest BCUT2D eigenvalue weighted by atomic mass is 32.2. The maximum Gasteiger partial charge on any atom is 0.338 e. The fourth-order valence-electron chi connectivity index (χ4n) is 3.50. The number of aliphatic imine (C=N–C) groups is 1. The van der Waals surface area contributed by atoms with Crippen molar-refractivity contribution >= 4 is 34.5 Å². The average Bonchev–Trinajstić information content (AvgIpc) is 2.86. The fraction of sp³-hybridized carbons (Fsp3) is 0.320. The number of methoxy groups -OCH3 is 3. The topological polar surface area (TPSA) is 107 Å².